The molecule has 0 radical (unpaired) electrons. The van der Waals surface area contributed by atoms with Crippen molar-refractivity contribution in [3.8, 4) is 0 Å². The molecular weight excluding hydrogens is 285 g/mol. The van der Waals surface area contributed by atoms with E-state index in [1.807, 2.05) is 18.2 Å². The molecule has 5 nitrogen and oxygen atoms in total. The molecule has 1 aromatic carbocycles. The van der Waals surface area contributed by atoms with Crippen LogP contribution in [0.5, 0.6) is 0 Å². The SMILES string of the molecule is CC(C)OC(=O)N(c1ccccc1)P1(=S)OCCO1. The van der Waals surface area contributed by atoms with E-state index >= 15 is 0 Å². The summed E-state index contributed by atoms with van der Waals surface area (Å²) in [5.41, 5.74) is 0.624. The van der Waals surface area contributed by atoms with Crippen molar-refractivity contribution in [1.82, 2.24) is 0 Å². The molecule has 0 saturated carbocycles. The zero-order valence-electron chi connectivity index (χ0n) is 10.8. The minimum absolute atomic E-state index is 0.233. The molecule has 0 spiro atoms. The van der Waals surface area contributed by atoms with Crippen LogP contribution >= 0.6 is 6.64 Å². The lowest BCUT2D eigenvalue weighted by atomic mass is 10.3. The van der Waals surface area contributed by atoms with Crippen LogP contribution in [0, 0.1) is 0 Å². The van der Waals surface area contributed by atoms with Crippen LogP contribution < -0.4 is 4.67 Å². The van der Waals surface area contributed by atoms with Gasteiger partial charge in [-0.1, -0.05) is 18.2 Å². The van der Waals surface area contributed by atoms with E-state index in [9.17, 15) is 4.79 Å². The van der Waals surface area contributed by atoms with Crippen LogP contribution in [0.3, 0.4) is 0 Å². The largest absolute Gasteiger partial charge is 0.446 e. The maximum absolute atomic E-state index is 12.3. The Labute approximate surface area is 117 Å². The van der Waals surface area contributed by atoms with Crippen LogP contribution in [-0.4, -0.2) is 25.4 Å². The topological polar surface area (TPSA) is 48.0 Å². The van der Waals surface area contributed by atoms with Crippen LogP contribution in [0.25, 0.3) is 0 Å². The second-order valence-electron chi connectivity index (χ2n) is 4.21. The Morgan fingerprint density at radius 3 is 2.42 bits per heavy atom. The highest BCUT2D eigenvalue weighted by atomic mass is 32.5. The molecule has 2 rings (SSSR count). The number of hydrogen-bond donors (Lipinski definition) is 0. The molecule has 0 N–H and O–H groups in total. The Morgan fingerprint density at radius 2 is 1.89 bits per heavy atom. The molecule has 0 aromatic heterocycles. The summed E-state index contributed by atoms with van der Waals surface area (Å²) in [5.74, 6) is 0. The Balaban J connectivity index is 2.34. The van der Waals surface area contributed by atoms with E-state index < -0.39 is 12.7 Å². The molecule has 1 fully saturated rings. The summed E-state index contributed by atoms with van der Waals surface area (Å²) in [4.78, 5) is 12.3. The van der Waals surface area contributed by atoms with Crippen molar-refractivity contribution < 1.29 is 18.6 Å². The molecule has 0 atom stereocenters. The van der Waals surface area contributed by atoms with Crippen molar-refractivity contribution in [2.45, 2.75) is 20.0 Å². The quantitative estimate of drug-likeness (QED) is 0.802. The Morgan fingerprint density at radius 1 is 1.32 bits per heavy atom. The van der Waals surface area contributed by atoms with Crippen LogP contribution in [0.4, 0.5) is 10.5 Å². The van der Waals surface area contributed by atoms with Gasteiger partial charge in [-0.25, -0.2) is 9.46 Å². The van der Waals surface area contributed by atoms with Crippen molar-refractivity contribution in [1.29, 1.82) is 0 Å². The van der Waals surface area contributed by atoms with Gasteiger partial charge in [0, 0.05) is 0 Å². The average Bonchev–Trinajstić information content (AvgIpc) is 2.77. The van der Waals surface area contributed by atoms with Crippen LogP contribution in [0.1, 0.15) is 13.8 Å². The third-order valence-corrected chi connectivity index (χ3v) is 5.37. The highest BCUT2D eigenvalue weighted by Gasteiger charge is 2.39. The Hall–Kier alpha value is -0.940. The molecule has 1 saturated heterocycles. The smallest absolute Gasteiger partial charge is 0.421 e. The van der Waals surface area contributed by atoms with Crippen molar-refractivity contribution in [2.24, 2.45) is 0 Å². The number of rotatable bonds is 3. The third kappa shape index (κ3) is 3.34. The second kappa shape index (κ2) is 6.01. The molecule has 7 heteroatoms. The zero-order valence-corrected chi connectivity index (χ0v) is 12.5. The van der Waals surface area contributed by atoms with Gasteiger partial charge in [0.2, 0.25) is 0 Å². The van der Waals surface area contributed by atoms with Crippen LogP contribution in [0.2, 0.25) is 0 Å². The molecule has 1 aliphatic rings. The third-order valence-electron chi connectivity index (χ3n) is 2.35. The number of ether oxygens (including phenoxy) is 1. The number of para-hydroxylation sites is 1. The van der Waals surface area contributed by atoms with Gasteiger partial charge in [-0.15, -0.1) is 0 Å². The second-order valence-corrected chi connectivity index (χ2v) is 7.45. The summed E-state index contributed by atoms with van der Waals surface area (Å²) >= 11 is 5.39. The maximum Gasteiger partial charge on any atom is 0.421 e. The fourth-order valence-electron chi connectivity index (χ4n) is 1.63. The number of carbonyl (C=O) groups is 1. The van der Waals surface area contributed by atoms with Gasteiger partial charge in [0.1, 0.15) is 0 Å². The first-order valence-electron chi connectivity index (χ1n) is 5.98. The number of carbonyl (C=O) groups excluding carboxylic acids is 1. The number of benzene rings is 1. The van der Waals surface area contributed by atoms with Gasteiger partial charge in [-0.3, -0.25) is 0 Å². The molecule has 0 aliphatic carbocycles. The van der Waals surface area contributed by atoms with E-state index in [1.54, 1.807) is 26.0 Å². The molecule has 0 unspecified atom stereocenters. The molecule has 1 heterocycles. The van der Waals surface area contributed by atoms with Gasteiger partial charge >= 0.3 is 6.09 Å². The summed E-state index contributed by atoms with van der Waals surface area (Å²) in [6.07, 6.45) is -0.769. The lowest BCUT2D eigenvalue weighted by Crippen LogP contribution is -2.30. The van der Waals surface area contributed by atoms with E-state index in [2.05, 4.69) is 0 Å². The maximum atomic E-state index is 12.3. The summed E-state index contributed by atoms with van der Waals surface area (Å²) in [6.45, 7) is 1.54. The van der Waals surface area contributed by atoms with Gasteiger partial charge in [-0.05, 0) is 37.8 Å². The standard InChI is InChI=1S/C12H16NO4PS/c1-10(2)17-12(14)13(11-6-4-3-5-7-11)18(19)15-8-9-16-18/h3-7,10H,8-9H2,1-2H3. The normalized spacial score (nSPS) is 17.4. The summed E-state index contributed by atoms with van der Waals surface area (Å²) in [7, 11) is 0. The molecule has 1 amide bonds. The minimum Gasteiger partial charge on any atom is -0.446 e. The predicted octanol–water partition coefficient (Wildman–Crippen LogP) is 3.31. The monoisotopic (exact) mass is 301 g/mol. The van der Waals surface area contributed by atoms with Crippen molar-refractivity contribution in [2.75, 3.05) is 17.9 Å². The first-order valence-corrected chi connectivity index (χ1v) is 8.57. The fraction of sp³-hybridized carbons (Fsp3) is 0.417. The number of nitrogens with zero attached hydrogens (tertiary/aromatic N) is 1. The van der Waals surface area contributed by atoms with E-state index in [0.29, 0.717) is 18.9 Å². The summed E-state index contributed by atoms with van der Waals surface area (Å²) < 4.78 is 17.5. The van der Waals surface area contributed by atoms with Crippen LogP contribution in [-0.2, 0) is 25.6 Å². The molecule has 104 valence electrons. The number of hydrogen-bond acceptors (Lipinski definition) is 5. The Kier molecular flexibility index (Phi) is 4.58. The van der Waals surface area contributed by atoms with E-state index in [0.717, 1.165) is 0 Å². The van der Waals surface area contributed by atoms with Gasteiger partial charge < -0.3 is 13.8 Å². The Bertz CT molecular complexity index is 484. The molecular formula is C12H16NO4PS. The lowest BCUT2D eigenvalue weighted by molar-refractivity contribution is 0.125. The summed E-state index contributed by atoms with van der Waals surface area (Å²) in [5, 5.41) is 0. The molecule has 19 heavy (non-hydrogen) atoms. The fourth-order valence-corrected chi connectivity index (χ4v) is 4.13. The highest BCUT2D eigenvalue weighted by Crippen LogP contribution is 2.57. The van der Waals surface area contributed by atoms with Crippen molar-refractivity contribution in [3.05, 3.63) is 30.3 Å². The average molecular weight is 301 g/mol. The van der Waals surface area contributed by atoms with Crippen molar-refractivity contribution in [3.63, 3.8) is 0 Å². The van der Waals surface area contributed by atoms with Gasteiger partial charge in [0.25, 0.3) is 6.64 Å². The van der Waals surface area contributed by atoms with Crippen molar-refractivity contribution >= 4 is 30.2 Å². The van der Waals surface area contributed by atoms with Gasteiger partial charge in [0.05, 0.1) is 25.0 Å². The van der Waals surface area contributed by atoms with E-state index in [1.165, 1.54) is 4.67 Å². The first-order chi connectivity index (χ1) is 9.03. The number of anilines is 1. The van der Waals surface area contributed by atoms with E-state index in [4.69, 9.17) is 25.6 Å². The molecule has 0 bridgehead atoms. The van der Waals surface area contributed by atoms with Crippen LogP contribution in [0.15, 0.2) is 30.3 Å². The summed E-state index contributed by atoms with van der Waals surface area (Å²) in [6, 6.07) is 9.06. The lowest BCUT2D eigenvalue weighted by Gasteiger charge is -2.29. The van der Waals surface area contributed by atoms with E-state index in [-0.39, 0.29) is 6.10 Å². The molecule has 1 aliphatic heterocycles. The highest BCUT2D eigenvalue weighted by molar-refractivity contribution is 8.11. The minimum atomic E-state index is -2.82. The predicted molar refractivity (Wildman–Crippen MR) is 76.7 cm³/mol. The zero-order chi connectivity index (χ0) is 13.9. The number of amides is 1. The first kappa shape index (κ1) is 14.5. The van der Waals surface area contributed by atoms with Gasteiger partial charge in [0.15, 0.2) is 0 Å². The molecule has 1 aromatic rings. The van der Waals surface area contributed by atoms with Gasteiger partial charge in [-0.2, -0.15) is 0 Å².